The Morgan fingerprint density at radius 1 is 1.36 bits per heavy atom. The minimum absolute atomic E-state index is 0.0985. The maximum atomic E-state index is 11.1. The van der Waals surface area contributed by atoms with Gasteiger partial charge in [0.2, 0.25) is 0 Å². The van der Waals surface area contributed by atoms with Crippen molar-refractivity contribution in [2.75, 3.05) is 0 Å². The standard InChI is InChI=1S/C10H12O4/c1-10(9(13)14)6-3-2-5(4-6)7(10)8(11)12/h2-3,5-7H,4H2,1H3,(H,11,12)(H,13,14)/t5-,6-,7-,10+/m1/s1. The van der Waals surface area contributed by atoms with E-state index in [1.54, 1.807) is 6.92 Å². The third-order valence-corrected chi connectivity index (χ3v) is 3.69. The highest BCUT2D eigenvalue weighted by atomic mass is 16.4. The number of allylic oxidation sites excluding steroid dienone is 2. The highest BCUT2D eigenvalue weighted by molar-refractivity contribution is 5.85. The molecule has 0 aromatic rings. The summed E-state index contributed by atoms with van der Waals surface area (Å²) in [5.74, 6) is -2.98. The molecule has 0 amide bonds. The summed E-state index contributed by atoms with van der Waals surface area (Å²) in [6.45, 7) is 1.54. The van der Waals surface area contributed by atoms with Gasteiger partial charge in [-0.2, -0.15) is 0 Å². The second kappa shape index (κ2) is 2.59. The Labute approximate surface area is 81.2 Å². The van der Waals surface area contributed by atoms with Crippen molar-refractivity contribution in [3.05, 3.63) is 12.2 Å². The molecule has 0 heterocycles. The lowest BCUT2D eigenvalue weighted by Gasteiger charge is -2.31. The van der Waals surface area contributed by atoms with Crippen molar-refractivity contribution >= 4 is 11.9 Å². The van der Waals surface area contributed by atoms with Gasteiger partial charge in [-0.25, -0.2) is 0 Å². The molecule has 0 unspecified atom stereocenters. The lowest BCUT2D eigenvalue weighted by Crippen LogP contribution is -2.43. The van der Waals surface area contributed by atoms with Gasteiger partial charge in [-0.3, -0.25) is 9.59 Å². The molecule has 4 heteroatoms. The van der Waals surface area contributed by atoms with Crippen LogP contribution in [-0.2, 0) is 9.59 Å². The molecule has 4 atom stereocenters. The smallest absolute Gasteiger partial charge is 0.310 e. The van der Waals surface area contributed by atoms with Crippen LogP contribution >= 0.6 is 0 Å². The van der Waals surface area contributed by atoms with Crippen LogP contribution in [0.5, 0.6) is 0 Å². The normalized spacial score (nSPS) is 44.2. The minimum atomic E-state index is -1.12. The van der Waals surface area contributed by atoms with E-state index in [1.807, 2.05) is 12.2 Å². The molecule has 1 saturated carbocycles. The number of rotatable bonds is 2. The van der Waals surface area contributed by atoms with Crippen LogP contribution in [0.2, 0.25) is 0 Å². The third kappa shape index (κ3) is 0.882. The SMILES string of the molecule is C[C@]1(C(=O)O)[C@@H]2C=C[C@H](C2)[C@@H]1C(=O)O. The van der Waals surface area contributed by atoms with Crippen LogP contribution in [0.1, 0.15) is 13.3 Å². The quantitative estimate of drug-likeness (QED) is 0.646. The van der Waals surface area contributed by atoms with Gasteiger partial charge in [0.1, 0.15) is 0 Å². The van der Waals surface area contributed by atoms with E-state index in [1.165, 1.54) is 0 Å². The van der Waals surface area contributed by atoms with Crippen molar-refractivity contribution < 1.29 is 19.8 Å². The van der Waals surface area contributed by atoms with E-state index >= 15 is 0 Å². The summed E-state index contributed by atoms with van der Waals surface area (Å²) < 4.78 is 0. The molecule has 2 aliphatic carbocycles. The lowest BCUT2D eigenvalue weighted by molar-refractivity contribution is -0.162. The fourth-order valence-corrected chi connectivity index (χ4v) is 2.83. The molecule has 2 bridgehead atoms. The van der Waals surface area contributed by atoms with Crippen LogP contribution in [0.15, 0.2) is 12.2 Å². The van der Waals surface area contributed by atoms with Crippen molar-refractivity contribution in [3.8, 4) is 0 Å². The highest BCUT2D eigenvalue weighted by Crippen LogP contribution is 2.56. The average Bonchev–Trinajstić information content (AvgIpc) is 2.61. The second-order valence-electron chi connectivity index (χ2n) is 4.29. The summed E-state index contributed by atoms with van der Waals surface area (Å²) in [6, 6.07) is 0. The van der Waals surface area contributed by atoms with Gasteiger partial charge >= 0.3 is 11.9 Å². The molecule has 1 fully saturated rings. The van der Waals surface area contributed by atoms with Gasteiger partial charge in [-0.1, -0.05) is 12.2 Å². The van der Waals surface area contributed by atoms with Crippen LogP contribution in [0.25, 0.3) is 0 Å². The van der Waals surface area contributed by atoms with Crippen molar-refractivity contribution in [2.45, 2.75) is 13.3 Å². The zero-order valence-electron chi connectivity index (χ0n) is 7.80. The molecule has 0 aromatic heterocycles. The fourth-order valence-electron chi connectivity index (χ4n) is 2.83. The summed E-state index contributed by atoms with van der Waals surface area (Å²) in [7, 11) is 0. The van der Waals surface area contributed by atoms with Gasteiger partial charge in [0.05, 0.1) is 11.3 Å². The first-order chi connectivity index (χ1) is 6.48. The van der Waals surface area contributed by atoms with E-state index in [2.05, 4.69) is 0 Å². The first-order valence-electron chi connectivity index (χ1n) is 4.62. The molecule has 0 aliphatic heterocycles. The molecular formula is C10H12O4. The number of carboxylic acid groups (broad SMARTS) is 2. The number of carbonyl (C=O) groups is 2. The summed E-state index contributed by atoms with van der Waals surface area (Å²) in [4.78, 5) is 22.1. The summed E-state index contributed by atoms with van der Waals surface area (Å²) >= 11 is 0. The summed E-state index contributed by atoms with van der Waals surface area (Å²) in [5, 5.41) is 18.1. The fraction of sp³-hybridized carbons (Fsp3) is 0.600. The van der Waals surface area contributed by atoms with Gasteiger partial charge in [0, 0.05) is 0 Å². The van der Waals surface area contributed by atoms with Crippen molar-refractivity contribution in [2.24, 2.45) is 23.2 Å². The van der Waals surface area contributed by atoms with E-state index in [0.29, 0.717) is 6.42 Å². The van der Waals surface area contributed by atoms with Crippen LogP contribution in [-0.4, -0.2) is 22.2 Å². The van der Waals surface area contributed by atoms with E-state index in [-0.39, 0.29) is 11.8 Å². The molecular weight excluding hydrogens is 184 g/mol. The predicted molar refractivity (Wildman–Crippen MR) is 47.6 cm³/mol. The molecule has 14 heavy (non-hydrogen) atoms. The first-order valence-corrected chi connectivity index (χ1v) is 4.62. The lowest BCUT2D eigenvalue weighted by atomic mass is 9.70. The number of aliphatic carboxylic acids is 2. The first kappa shape index (κ1) is 9.24. The number of hydrogen-bond acceptors (Lipinski definition) is 2. The van der Waals surface area contributed by atoms with Crippen molar-refractivity contribution in [1.82, 2.24) is 0 Å². The molecule has 76 valence electrons. The maximum Gasteiger partial charge on any atom is 0.310 e. The Morgan fingerprint density at radius 3 is 2.43 bits per heavy atom. The third-order valence-electron chi connectivity index (χ3n) is 3.69. The Morgan fingerprint density at radius 2 is 2.00 bits per heavy atom. The summed E-state index contributed by atoms with van der Waals surface area (Å²) in [6.07, 6.45) is 4.35. The van der Waals surface area contributed by atoms with Gasteiger partial charge in [0.15, 0.2) is 0 Å². The summed E-state index contributed by atoms with van der Waals surface area (Å²) in [5.41, 5.74) is -1.12. The Kier molecular flexibility index (Phi) is 1.71. The van der Waals surface area contributed by atoms with E-state index < -0.39 is 23.3 Å². The molecule has 2 N–H and O–H groups in total. The van der Waals surface area contributed by atoms with Gasteiger partial charge in [0.25, 0.3) is 0 Å². The van der Waals surface area contributed by atoms with Crippen LogP contribution in [0.4, 0.5) is 0 Å². The van der Waals surface area contributed by atoms with Crippen molar-refractivity contribution in [3.63, 3.8) is 0 Å². The molecule has 0 spiro atoms. The maximum absolute atomic E-state index is 11.1. The largest absolute Gasteiger partial charge is 0.481 e. The number of hydrogen-bond donors (Lipinski definition) is 2. The molecule has 2 aliphatic rings. The Bertz CT molecular complexity index is 333. The van der Waals surface area contributed by atoms with Crippen LogP contribution < -0.4 is 0 Å². The van der Waals surface area contributed by atoms with E-state index in [0.717, 1.165) is 0 Å². The number of carboxylic acids is 2. The molecule has 4 nitrogen and oxygen atoms in total. The minimum Gasteiger partial charge on any atom is -0.481 e. The average molecular weight is 196 g/mol. The van der Waals surface area contributed by atoms with E-state index in [9.17, 15) is 9.59 Å². The van der Waals surface area contributed by atoms with Crippen molar-refractivity contribution in [1.29, 1.82) is 0 Å². The van der Waals surface area contributed by atoms with Gasteiger partial charge in [-0.15, -0.1) is 0 Å². The zero-order chi connectivity index (χ0) is 10.5. The highest BCUT2D eigenvalue weighted by Gasteiger charge is 2.60. The molecule has 2 rings (SSSR count). The molecule has 0 aromatic carbocycles. The van der Waals surface area contributed by atoms with E-state index in [4.69, 9.17) is 10.2 Å². The second-order valence-corrected chi connectivity index (χ2v) is 4.29. The van der Waals surface area contributed by atoms with Crippen LogP contribution in [0.3, 0.4) is 0 Å². The van der Waals surface area contributed by atoms with Crippen LogP contribution in [0, 0.1) is 23.2 Å². The number of fused-ring (bicyclic) bond motifs is 2. The molecule has 0 saturated heterocycles. The molecule has 0 radical (unpaired) electrons. The van der Waals surface area contributed by atoms with Gasteiger partial charge in [-0.05, 0) is 25.2 Å². The monoisotopic (exact) mass is 196 g/mol. The zero-order valence-corrected chi connectivity index (χ0v) is 7.80. The predicted octanol–water partition coefficient (Wildman–Crippen LogP) is 0.984. The Balaban J connectivity index is 2.45. The van der Waals surface area contributed by atoms with Gasteiger partial charge < -0.3 is 10.2 Å². The topological polar surface area (TPSA) is 74.6 Å². The Hall–Kier alpha value is -1.32.